The van der Waals surface area contributed by atoms with E-state index >= 15 is 0 Å². The van der Waals surface area contributed by atoms with Gasteiger partial charge in [-0.15, -0.1) is 0 Å². The molecule has 2 aliphatic rings. The van der Waals surface area contributed by atoms with E-state index in [-0.39, 0.29) is 11.8 Å². The third kappa shape index (κ3) is 3.67. The number of carbonyl (C=O) groups excluding carboxylic acids is 1. The highest BCUT2D eigenvalue weighted by Gasteiger charge is 2.26. The Kier molecular flexibility index (Phi) is 4.97. The average molecular weight is 254 g/mol. The molecular formula is C13H26N4O. The molecule has 0 aliphatic carbocycles. The van der Waals surface area contributed by atoms with Gasteiger partial charge in [0.1, 0.15) is 0 Å². The highest BCUT2D eigenvalue weighted by atomic mass is 16.2. The topological polar surface area (TPSA) is 61.6 Å². The van der Waals surface area contributed by atoms with Gasteiger partial charge in [-0.3, -0.25) is 10.2 Å². The molecule has 1 amide bonds. The summed E-state index contributed by atoms with van der Waals surface area (Å²) in [6, 6.07) is 0. The predicted octanol–water partition coefficient (Wildman–Crippen LogP) is 0.0301. The molecular weight excluding hydrogens is 228 g/mol. The van der Waals surface area contributed by atoms with E-state index in [1.807, 2.05) is 0 Å². The molecule has 0 atom stereocenters. The number of piperidine rings is 2. The van der Waals surface area contributed by atoms with Crippen LogP contribution in [0, 0.1) is 11.8 Å². The van der Waals surface area contributed by atoms with Gasteiger partial charge in [0.15, 0.2) is 0 Å². The van der Waals surface area contributed by atoms with Crippen molar-refractivity contribution >= 4 is 5.91 Å². The van der Waals surface area contributed by atoms with Crippen LogP contribution in [0.3, 0.4) is 0 Å². The average Bonchev–Trinajstić information content (AvgIpc) is 2.41. The Morgan fingerprint density at radius 2 is 1.78 bits per heavy atom. The molecule has 0 bridgehead atoms. The number of carbonyl (C=O) groups is 1. The van der Waals surface area contributed by atoms with Gasteiger partial charge in [0.05, 0.1) is 0 Å². The Hall–Kier alpha value is -0.650. The number of hydrazine groups is 1. The summed E-state index contributed by atoms with van der Waals surface area (Å²) in [5, 5.41) is 0. The van der Waals surface area contributed by atoms with Crippen LogP contribution in [-0.4, -0.2) is 55.5 Å². The molecule has 18 heavy (non-hydrogen) atoms. The Bertz CT molecular complexity index is 268. The monoisotopic (exact) mass is 254 g/mol. The largest absolute Gasteiger partial charge is 0.306 e. The van der Waals surface area contributed by atoms with Crippen molar-refractivity contribution in [2.45, 2.75) is 25.7 Å². The Balaban J connectivity index is 1.69. The molecule has 3 N–H and O–H groups in total. The minimum atomic E-state index is 0.00828. The summed E-state index contributed by atoms with van der Waals surface area (Å²) in [7, 11) is 2.20. The Morgan fingerprint density at radius 3 is 2.33 bits per heavy atom. The molecule has 2 aliphatic heterocycles. The number of nitrogens with one attached hydrogen (secondary N) is 1. The van der Waals surface area contributed by atoms with E-state index in [1.165, 1.54) is 32.5 Å². The molecule has 2 rings (SSSR count). The molecule has 2 fully saturated rings. The molecule has 0 spiro atoms. The number of nitrogens with two attached hydrogens (primary N) is 1. The molecule has 5 nitrogen and oxygen atoms in total. The summed E-state index contributed by atoms with van der Waals surface area (Å²) in [4.78, 5) is 16.4. The van der Waals surface area contributed by atoms with Crippen LogP contribution in [0.4, 0.5) is 0 Å². The SMILES string of the molecule is CN1CCC(CN2CCC(C(=O)NN)CC2)CC1. The molecule has 0 aromatic carbocycles. The third-order valence-corrected chi connectivity index (χ3v) is 4.46. The zero-order chi connectivity index (χ0) is 13.0. The predicted molar refractivity (Wildman–Crippen MR) is 71.7 cm³/mol. The van der Waals surface area contributed by atoms with E-state index in [4.69, 9.17) is 5.84 Å². The van der Waals surface area contributed by atoms with E-state index in [0.29, 0.717) is 0 Å². The minimum Gasteiger partial charge on any atom is -0.306 e. The number of rotatable bonds is 3. The second kappa shape index (κ2) is 6.50. The first-order chi connectivity index (χ1) is 8.69. The lowest BCUT2D eigenvalue weighted by atomic mass is 9.92. The van der Waals surface area contributed by atoms with E-state index in [0.717, 1.165) is 31.8 Å². The van der Waals surface area contributed by atoms with Gasteiger partial charge < -0.3 is 9.80 Å². The van der Waals surface area contributed by atoms with Crippen LogP contribution in [0.25, 0.3) is 0 Å². The van der Waals surface area contributed by atoms with Crippen molar-refractivity contribution in [2.75, 3.05) is 39.8 Å². The lowest BCUT2D eigenvalue weighted by Crippen LogP contribution is -2.44. The molecule has 104 valence electrons. The molecule has 5 heteroatoms. The van der Waals surface area contributed by atoms with Gasteiger partial charge in [0.2, 0.25) is 5.91 Å². The van der Waals surface area contributed by atoms with E-state index < -0.39 is 0 Å². The zero-order valence-electron chi connectivity index (χ0n) is 11.4. The fourth-order valence-corrected chi connectivity index (χ4v) is 3.11. The third-order valence-electron chi connectivity index (χ3n) is 4.46. The summed E-state index contributed by atoms with van der Waals surface area (Å²) < 4.78 is 0. The maximum absolute atomic E-state index is 11.4. The number of amides is 1. The Morgan fingerprint density at radius 1 is 1.17 bits per heavy atom. The fraction of sp³-hybridized carbons (Fsp3) is 0.923. The van der Waals surface area contributed by atoms with E-state index in [2.05, 4.69) is 22.3 Å². The van der Waals surface area contributed by atoms with Gasteiger partial charge in [0.25, 0.3) is 0 Å². The minimum absolute atomic E-state index is 0.00828. The van der Waals surface area contributed by atoms with Crippen molar-refractivity contribution in [2.24, 2.45) is 17.7 Å². The maximum atomic E-state index is 11.4. The first-order valence-corrected chi connectivity index (χ1v) is 7.10. The van der Waals surface area contributed by atoms with Crippen LogP contribution < -0.4 is 11.3 Å². The van der Waals surface area contributed by atoms with Gasteiger partial charge in [-0.2, -0.15) is 0 Å². The van der Waals surface area contributed by atoms with Crippen LogP contribution in [0.15, 0.2) is 0 Å². The van der Waals surface area contributed by atoms with Crippen molar-refractivity contribution in [1.82, 2.24) is 15.2 Å². The van der Waals surface area contributed by atoms with Crippen molar-refractivity contribution in [3.8, 4) is 0 Å². The standard InChI is InChI=1S/C13H26N4O/c1-16-6-2-11(3-7-16)10-17-8-4-12(5-9-17)13(18)15-14/h11-12H,2-10,14H2,1H3,(H,15,18). The second-order valence-electron chi connectivity index (χ2n) is 5.83. The summed E-state index contributed by atoms with van der Waals surface area (Å²) >= 11 is 0. The maximum Gasteiger partial charge on any atom is 0.237 e. The molecule has 2 heterocycles. The fourth-order valence-electron chi connectivity index (χ4n) is 3.11. The quantitative estimate of drug-likeness (QED) is 0.424. The number of hydrogen-bond donors (Lipinski definition) is 2. The second-order valence-corrected chi connectivity index (χ2v) is 5.83. The van der Waals surface area contributed by atoms with Gasteiger partial charge in [-0.05, 0) is 64.8 Å². The normalized spacial score (nSPS) is 25.2. The highest BCUT2D eigenvalue weighted by molar-refractivity contribution is 5.78. The van der Waals surface area contributed by atoms with Gasteiger partial charge in [-0.1, -0.05) is 0 Å². The number of nitrogens with zero attached hydrogens (tertiary/aromatic N) is 2. The van der Waals surface area contributed by atoms with Crippen molar-refractivity contribution in [1.29, 1.82) is 0 Å². The van der Waals surface area contributed by atoms with Crippen LogP contribution in [0.1, 0.15) is 25.7 Å². The summed E-state index contributed by atoms with van der Waals surface area (Å²) in [5.41, 5.74) is 2.27. The molecule has 0 radical (unpaired) electrons. The molecule has 0 saturated carbocycles. The molecule has 0 aromatic heterocycles. The van der Waals surface area contributed by atoms with Crippen LogP contribution in [0.2, 0.25) is 0 Å². The van der Waals surface area contributed by atoms with Crippen LogP contribution >= 0.6 is 0 Å². The lowest BCUT2D eigenvalue weighted by Gasteiger charge is -2.36. The zero-order valence-corrected chi connectivity index (χ0v) is 11.4. The van der Waals surface area contributed by atoms with Crippen molar-refractivity contribution in [3.63, 3.8) is 0 Å². The van der Waals surface area contributed by atoms with E-state index in [9.17, 15) is 4.79 Å². The Labute approximate surface area is 110 Å². The van der Waals surface area contributed by atoms with Crippen molar-refractivity contribution in [3.05, 3.63) is 0 Å². The summed E-state index contributed by atoms with van der Waals surface area (Å²) in [6.07, 6.45) is 4.55. The van der Waals surface area contributed by atoms with Crippen LogP contribution in [-0.2, 0) is 4.79 Å². The van der Waals surface area contributed by atoms with E-state index in [1.54, 1.807) is 0 Å². The smallest absolute Gasteiger partial charge is 0.237 e. The van der Waals surface area contributed by atoms with Gasteiger partial charge >= 0.3 is 0 Å². The molecule has 2 saturated heterocycles. The van der Waals surface area contributed by atoms with Gasteiger partial charge in [-0.25, -0.2) is 5.84 Å². The summed E-state index contributed by atoms with van der Waals surface area (Å²) in [6.45, 7) is 5.77. The molecule has 0 aromatic rings. The van der Waals surface area contributed by atoms with Gasteiger partial charge in [0, 0.05) is 12.5 Å². The first-order valence-electron chi connectivity index (χ1n) is 7.10. The number of likely N-dealkylation sites (tertiary alicyclic amines) is 2. The summed E-state index contributed by atoms with van der Waals surface area (Å²) in [5.74, 6) is 6.17. The number of hydrogen-bond acceptors (Lipinski definition) is 4. The molecule has 0 unspecified atom stereocenters. The first kappa shape index (κ1) is 13.8. The van der Waals surface area contributed by atoms with Crippen LogP contribution in [0.5, 0.6) is 0 Å². The highest BCUT2D eigenvalue weighted by Crippen LogP contribution is 2.22. The lowest BCUT2D eigenvalue weighted by molar-refractivity contribution is -0.126. The van der Waals surface area contributed by atoms with Crippen molar-refractivity contribution < 1.29 is 4.79 Å².